The fourth-order valence-corrected chi connectivity index (χ4v) is 3.46. The molecule has 7 heteroatoms. The lowest BCUT2D eigenvalue weighted by atomic mass is 9.99. The maximum absolute atomic E-state index is 12.0. The van der Waals surface area contributed by atoms with Gasteiger partial charge in [0.05, 0.1) is 4.88 Å². The molecular weight excluding hydrogens is 266 g/mol. The summed E-state index contributed by atoms with van der Waals surface area (Å²) in [5, 5.41) is 3.11. The Kier molecular flexibility index (Phi) is 2.98. The summed E-state index contributed by atoms with van der Waals surface area (Å²) in [5.41, 5.74) is 3.70. The minimum Gasteiger partial charge on any atom is -0.275 e. The zero-order valence-corrected chi connectivity index (χ0v) is 11.0. The number of nitrogens with one attached hydrogen (secondary N) is 2. The number of imide groups is 1. The van der Waals surface area contributed by atoms with Gasteiger partial charge in [-0.25, -0.2) is 9.80 Å². The Balaban J connectivity index is 1.72. The zero-order valence-electron chi connectivity index (χ0n) is 10.2. The molecule has 0 aromatic carbocycles. The van der Waals surface area contributed by atoms with E-state index in [4.69, 9.17) is 0 Å². The number of hydrogen-bond acceptors (Lipinski definition) is 4. The molecule has 2 N–H and O–H groups in total. The lowest BCUT2D eigenvalue weighted by Gasteiger charge is -2.13. The van der Waals surface area contributed by atoms with Crippen molar-refractivity contribution in [1.82, 2.24) is 15.8 Å². The van der Waals surface area contributed by atoms with Crippen LogP contribution in [0, 0.1) is 0 Å². The van der Waals surface area contributed by atoms with Gasteiger partial charge in [0.1, 0.15) is 6.54 Å². The highest BCUT2D eigenvalue weighted by Gasteiger charge is 2.29. The van der Waals surface area contributed by atoms with Gasteiger partial charge in [-0.05, 0) is 37.3 Å². The van der Waals surface area contributed by atoms with E-state index in [1.807, 2.05) is 6.07 Å². The van der Waals surface area contributed by atoms with E-state index in [2.05, 4.69) is 10.7 Å². The standard InChI is InChI=1S/C12H13N3O3S/c16-10-6-15(12(18)13-10)14-11(17)9-5-7-3-1-2-4-8(7)19-9/h5H,1-4,6H2,(H,14,17)(H,13,16,18). The predicted molar refractivity (Wildman–Crippen MR) is 68.7 cm³/mol. The number of thiophene rings is 1. The molecule has 1 aliphatic heterocycles. The molecule has 0 atom stereocenters. The topological polar surface area (TPSA) is 78.5 Å². The van der Waals surface area contributed by atoms with Gasteiger partial charge in [-0.15, -0.1) is 11.3 Å². The van der Waals surface area contributed by atoms with Gasteiger partial charge in [0.25, 0.3) is 5.91 Å². The third-order valence-corrected chi connectivity index (χ3v) is 4.49. The molecule has 3 rings (SSSR count). The number of rotatable bonds is 2. The van der Waals surface area contributed by atoms with Gasteiger partial charge in [0.2, 0.25) is 5.91 Å². The first-order chi connectivity index (χ1) is 9.13. The molecule has 1 fully saturated rings. The molecule has 1 aliphatic carbocycles. The highest BCUT2D eigenvalue weighted by Crippen LogP contribution is 2.29. The van der Waals surface area contributed by atoms with Crippen LogP contribution in [0.1, 0.15) is 33.0 Å². The molecule has 19 heavy (non-hydrogen) atoms. The van der Waals surface area contributed by atoms with Crippen molar-refractivity contribution in [3.8, 4) is 0 Å². The van der Waals surface area contributed by atoms with E-state index in [9.17, 15) is 14.4 Å². The largest absolute Gasteiger partial charge is 0.343 e. The number of nitrogens with zero attached hydrogens (tertiary/aromatic N) is 1. The van der Waals surface area contributed by atoms with E-state index in [1.54, 1.807) is 0 Å². The molecule has 1 aromatic heterocycles. The molecule has 0 unspecified atom stereocenters. The fraction of sp³-hybridized carbons (Fsp3) is 0.417. The Morgan fingerprint density at radius 1 is 1.32 bits per heavy atom. The third-order valence-electron chi connectivity index (χ3n) is 3.25. The summed E-state index contributed by atoms with van der Waals surface area (Å²) >= 11 is 1.47. The van der Waals surface area contributed by atoms with Gasteiger partial charge in [-0.1, -0.05) is 0 Å². The van der Waals surface area contributed by atoms with Crippen molar-refractivity contribution in [1.29, 1.82) is 0 Å². The van der Waals surface area contributed by atoms with Gasteiger partial charge in [0.15, 0.2) is 0 Å². The molecule has 100 valence electrons. The normalized spacial score (nSPS) is 18.2. The SMILES string of the molecule is O=C1CN(NC(=O)c2cc3c(s2)CCCC3)C(=O)N1. The minimum atomic E-state index is -0.584. The smallest absolute Gasteiger partial charge is 0.275 e. The van der Waals surface area contributed by atoms with Crippen LogP contribution in [0.2, 0.25) is 0 Å². The van der Waals surface area contributed by atoms with Crippen molar-refractivity contribution in [2.24, 2.45) is 0 Å². The first-order valence-electron chi connectivity index (χ1n) is 6.17. The minimum absolute atomic E-state index is 0.129. The third kappa shape index (κ3) is 2.33. The molecule has 1 saturated heterocycles. The highest BCUT2D eigenvalue weighted by molar-refractivity contribution is 7.14. The van der Waals surface area contributed by atoms with Gasteiger partial charge < -0.3 is 0 Å². The molecule has 2 aliphatic rings. The number of hydrazine groups is 1. The molecular formula is C12H13N3O3S. The monoisotopic (exact) mass is 279 g/mol. The number of hydrogen-bond donors (Lipinski definition) is 2. The second kappa shape index (κ2) is 4.65. The summed E-state index contributed by atoms with van der Waals surface area (Å²) in [6, 6.07) is 1.31. The summed E-state index contributed by atoms with van der Waals surface area (Å²) in [6.07, 6.45) is 4.36. The van der Waals surface area contributed by atoms with Crippen LogP contribution in [0.25, 0.3) is 0 Å². The van der Waals surface area contributed by atoms with Crippen LogP contribution >= 0.6 is 11.3 Å². The molecule has 0 radical (unpaired) electrons. The number of fused-ring (bicyclic) bond motifs is 1. The van der Waals surface area contributed by atoms with Crippen molar-refractivity contribution < 1.29 is 14.4 Å². The van der Waals surface area contributed by atoms with Crippen molar-refractivity contribution >= 4 is 29.2 Å². The van der Waals surface area contributed by atoms with E-state index >= 15 is 0 Å². The number of urea groups is 1. The predicted octanol–water partition coefficient (Wildman–Crippen LogP) is 0.823. The average Bonchev–Trinajstić information content (AvgIpc) is 2.93. The second-order valence-corrected chi connectivity index (χ2v) is 5.78. The van der Waals surface area contributed by atoms with Crippen LogP contribution in [0.3, 0.4) is 0 Å². The summed E-state index contributed by atoms with van der Waals surface area (Å²) in [6.45, 7) is -0.129. The van der Waals surface area contributed by atoms with Crippen molar-refractivity contribution in [2.75, 3.05) is 6.54 Å². The molecule has 1 aromatic rings. The lowest BCUT2D eigenvalue weighted by Crippen LogP contribution is -2.43. The van der Waals surface area contributed by atoms with Crippen molar-refractivity contribution in [2.45, 2.75) is 25.7 Å². The zero-order chi connectivity index (χ0) is 13.4. The van der Waals surface area contributed by atoms with Crippen LogP contribution in [-0.2, 0) is 17.6 Å². The molecule has 4 amide bonds. The Labute approximate surface area is 113 Å². The molecule has 0 spiro atoms. The van der Waals surface area contributed by atoms with Crippen LogP contribution < -0.4 is 10.7 Å². The van der Waals surface area contributed by atoms with Gasteiger partial charge in [-0.3, -0.25) is 20.3 Å². The number of carbonyl (C=O) groups excluding carboxylic acids is 3. The number of aryl methyl sites for hydroxylation is 2. The van der Waals surface area contributed by atoms with E-state index < -0.39 is 11.9 Å². The Hall–Kier alpha value is -1.89. The van der Waals surface area contributed by atoms with E-state index in [1.165, 1.54) is 21.8 Å². The maximum atomic E-state index is 12.0. The summed E-state index contributed by atoms with van der Waals surface area (Å²) in [5.74, 6) is -0.736. The fourth-order valence-electron chi connectivity index (χ4n) is 2.31. The summed E-state index contributed by atoms with van der Waals surface area (Å²) < 4.78 is 0. The van der Waals surface area contributed by atoms with E-state index in [0.29, 0.717) is 4.88 Å². The summed E-state index contributed by atoms with van der Waals surface area (Å²) in [4.78, 5) is 36.2. The highest BCUT2D eigenvalue weighted by atomic mass is 32.1. The molecule has 0 bridgehead atoms. The van der Waals surface area contributed by atoms with Crippen LogP contribution in [-0.4, -0.2) is 29.4 Å². The quantitative estimate of drug-likeness (QED) is 0.787. The Morgan fingerprint density at radius 2 is 2.11 bits per heavy atom. The number of amides is 4. The van der Waals surface area contributed by atoms with Crippen LogP contribution in [0.5, 0.6) is 0 Å². The molecule has 6 nitrogen and oxygen atoms in total. The maximum Gasteiger partial charge on any atom is 0.343 e. The first kappa shape index (κ1) is 12.2. The van der Waals surface area contributed by atoms with Crippen molar-refractivity contribution in [3.63, 3.8) is 0 Å². The first-order valence-corrected chi connectivity index (χ1v) is 6.99. The van der Waals surface area contributed by atoms with Gasteiger partial charge >= 0.3 is 6.03 Å². The lowest BCUT2D eigenvalue weighted by molar-refractivity contribution is -0.118. The summed E-state index contributed by atoms with van der Waals surface area (Å²) in [7, 11) is 0. The Morgan fingerprint density at radius 3 is 2.79 bits per heavy atom. The number of carbonyl (C=O) groups is 3. The second-order valence-electron chi connectivity index (χ2n) is 4.65. The van der Waals surface area contributed by atoms with Crippen LogP contribution in [0.15, 0.2) is 6.07 Å². The molecule has 0 saturated carbocycles. The average molecular weight is 279 g/mol. The van der Waals surface area contributed by atoms with Crippen LogP contribution in [0.4, 0.5) is 4.79 Å². The Bertz CT molecular complexity index is 543. The van der Waals surface area contributed by atoms with Crippen molar-refractivity contribution in [3.05, 3.63) is 21.4 Å². The van der Waals surface area contributed by atoms with Gasteiger partial charge in [-0.2, -0.15) is 0 Å². The van der Waals surface area contributed by atoms with Gasteiger partial charge in [0, 0.05) is 4.88 Å². The van der Waals surface area contributed by atoms with E-state index in [-0.39, 0.29) is 12.5 Å². The molecule has 2 heterocycles. The van der Waals surface area contributed by atoms with E-state index in [0.717, 1.165) is 30.7 Å².